The van der Waals surface area contributed by atoms with E-state index in [-0.39, 0.29) is 5.41 Å². The molecule has 0 spiro atoms. The fraction of sp³-hybridized carbons (Fsp3) is 0.647. The van der Waals surface area contributed by atoms with Gasteiger partial charge in [0.25, 0.3) is 0 Å². The highest BCUT2D eigenvalue weighted by Gasteiger charge is 2.37. The highest BCUT2D eigenvalue weighted by atomic mass is 19.1. The average molecular weight is 295 g/mol. The van der Waals surface area contributed by atoms with Gasteiger partial charge in [0.1, 0.15) is 5.67 Å². The van der Waals surface area contributed by atoms with Gasteiger partial charge in [0, 0.05) is 17.5 Å². The summed E-state index contributed by atoms with van der Waals surface area (Å²) in [4.78, 5) is 0. The molecule has 2 rings (SSSR count). The van der Waals surface area contributed by atoms with Gasteiger partial charge in [-0.05, 0) is 44.4 Å². The maximum absolute atomic E-state index is 14.6. The van der Waals surface area contributed by atoms with E-state index in [2.05, 4.69) is 0 Å². The summed E-state index contributed by atoms with van der Waals surface area (Å²) in [7, 11) is 3.13. The number of benzene rings is 1. The molecule has 1 fully saturated rings. The first-order valence-electron chi connectivity index (χ1n) is 7.54. The second-order valence-electron chi connectivity index (χ2n) is 6.42. The Hall–Kier alpha value is -1.29. The molecule has 0 heterocycles. The lowest BCUT2D eigenvalue weighted by Crippen LogP contribution is -2.32. The summed E-state index contributed by atoms with van der Waals surface area (Å²) < 4.78 is 25.4. The van der Waals surface area contributed by atoms with E-state index >= 15 is 0 Å². The first kappa shape index (κ1) is 16.1. The van der Waals surface area contributed by atoms with E-state index in [1.807, 2.05) is 12.1 Å². The summed E-state index contributed by atoms with van der Waals surface area (Å²) >= 11 is 0. The van der Waals surface area contributed by atoms with Gasteiger partial charge in [-0.15, -0.1) is 0 Å². The van der Waals surface area contributed by atoms with Crippen molar-refractivity contribution in [2.24, 2.45) is 5.73 Å². The van der Waals surface area contributed by atoms with E-state index in [0.717, 1.165) is 18.4 Å². The van der Waals surface area contributed by atoms with Crippen molar-refractivity contribution in [3.63, 3.8) is 0 Å². The highest BCUT2D eigenvalue weighted by Crippen LogP contribution is 2.47. The molecule has 0 saturated heterocycles. The highest BCUT2D eigenvalue weighted by molar-refractivity contribution is 5.53. The minimum absolute atomic E-state index is 0.0560. The molecule has 1 aliphatic carbocycles. The first-order valence-corrected chi connectivity index (χ1v) is 7.54. The van der Waals surface area contributed by atoms with Crippen LogP contribution >= 0.6 is 0 Å². The molecule has 0 unspecified atom stereocenters. The van der Waals surface area contributed by atoms with E-state index in [0.29, 0.717) is 23.6 Å². The zero-order valence-corrected chi connectivity index (χ0v) is 13.5. The number of rotatable bonds is 5. The van der Waals surface area contributed by atoms with E-state index in [1.165, 1.54) is 26.7 Å². The standard InChI is InChI=1S/C17H26FNO2/c1-16(2,18)13-9-12(10-14(20-3)15(13)21-4)17(11-19)7-5-6-8-17/h9-10H,5-8,11,19H2,1-4H3. The summed E-state index contributed by atoms with van der Waals surface area (Å²) in [5.41, 5.74) is 6.10. The number of halogens is 1. The van der Waals surface area contributed by atoms with Crippen molar-refractivity contribution in [3.05, 3.63) is 23.3 Å². The van der Waals surface area contributed by atoms with Crippen molar-refractivity contribution in [1.82, 2.24) is 0 Å². The van der Waals surface area contributed by atoms with Crippen LogP contribution in [0.2, 0.25) is 0 Å². The molecule has 4 heteroatoms. The van der Waals surface area contributed by atoms with Crippen LogP contribution in [0.5, 0.6) is 11.5 Å². The summed E-state index contributed by atoms with van der Waals surface area (Å²) in [6.07, 6.45) is 4.43. The Bertz CT molecular complexity index is 502. The second kappa shape index (κ2) is 5.84. The van der Waals surface area contributed by atoms with Crippen LogP contribution in [0.1, 0.15) is 50.7 Å². The van der Waals surface area contributed by atoms with Crippen LogP contribution in [-0.2, 0) is 11.1 Å². The Morgan fingerprint density at radius 2 is 1.81 bits per heavy atom. The molecule has 21 heavy (non-hydrogen) atoms. The Morgan fingerprint density at radius 1 is 1.19 bits per heavy atom. The van der Waals surface area contributed by atoms with E-state index in [9.17, 15) is 4.39 Å². The Kier molecular flexibility index (Phi) is 4.47. The van der Waals surface area contributed by atoms with Gasteiger partial charge in [-0.2, -0.15) is 0 Å². The summed E-state index contributed by atoms with van der Waals surface area (Å²) in [5.74, 6) is 1.05. The van der Waals surface area contributed by atoms with Crippen LogP contribution in [0.3, 0.4) is 0 Å². The number of hydrogen-bond donors (Lipinski definition) is 1. The van der Waals surface area contributed by atoms with Crippen LogP contribution in [0.25, 0.3) is 0 Å². The summed E-state index contributed by atoms with van der Waals surface area (Å²) in [6.45, 7) is 3.66. The van der Waals surface area contributed by atoms with Gasteiger partial charge >= 0.3 is 0 Å². The number of nitrogens with two attached hydrogens (primary N) is 1. The summed E-state index contributed by atoms with van der Waals surface area (Å²) in [6, 6.07) is 3.88. The largest absolute Gasteiger partial charge is 0.493 e. The van der Waals surface area contributed by atoms with Gasteiger partial charge in [0.2, 0.25) is 0 Å². The maximum Gasteiger partial charge on any atom is 0.167 e. The van der Waals surface area contributed by atoms with Crippen LogP contribution in [0.4, 0.5) is 4.39 Å². The lowest BCUT2D eigenvalue weighted by molar-refractivity contribution is 0.210. The molecule has 1 saturated carbocycles. The van der Waals surface area contributed by atoms with Gasteiger partial charge in [0.05, 0.1) is 14.2 Å². The first-order chi connectivity index (χ1) is 9.88. The van der Waals surface area contributed by atoms with Crippen molar-refractivity contribution in [3.8, 4) is 11.5 Å². The molecule has 0 aromatic heterocycles. The number of methoxy groups -OCH3 is 2. The Morgan fingerprint density at radius 3 is 2.24 bits per heavy atom. The number of ether oxygens (including phenoxy) is 2. The van der Waals surface area contributed by atoms with E-state index in [1.54, 1.807) is 14.2 Å². The van der Waals surface area contributed by atoms with E-state index in [4.69, 9.17) is 15.2 Å². The SMILES string of the molecule is COc1cc(C2(CN)CCCC2)cc(C(C)(C)F)c1OC. The molecular formula is C17H26FNO2. The van der Waals surface area contributed by atoms with Crippen molar-refractivity contribution < 1.29 is 13.9 Å². The smallest absolute Gasteiger partial charge is 0.167 e. The average Bonchev–Trinajstić information content (AvgIpc) is 2.94. The zero-order chi connectivity index (χ0) is 15.7. The van der Waals surface area contributed by atoms with Crippen LogP contribution < -0.4 is 15.2 Å². The lowest BCUT2D eigenvalue weighted by Gasteiger charge is -2.31. The minimum atomic E-state index is -1.50. The molecule has 0 radical (unpaired) electrons. The van der Waals surface area contributed by atoms with Crippen molar-refractivity contribution in [2.75, 3.05) is 20.8 Å². The third kappa shape index (κ3) is 2.86. The van der Waals surface area contributed by atoms with Gasteiger partial charge in [-0.1, -0.05) is 12.8 Å². The van der Waals surface area contributed by atoms with Crippen molar-refractivity contribution >= 4 is 0 Å². The quantitative estimate of drug-likeness (QED) is 0.901. The molecule has 0 amide bonds. The molecule has 2 N–H and O–H groups in total. The van der Waals surface area contributed by atoms with Gasteiger partial charge in [0.15, 0.2) is 11.5 Å². The number of hydrogen-bond acceptors (Lipinski definition) is 3. The molecule has 118 valence electrons. The molecule has 1 aliphatic rings. The molecule has 0 aliphatic heterocycles. The lowest BCUT2D eigenvalue weighted by atomic mass is 9.77. The Labute approximate surface area is 126 Å². The van der Waals surface area contributed by atoms with Crippen LogP contribution in [0, 0.1) is 0 Å². The molecule has 1 aromatic carbocycles. The molecular weight excluding hydrogens is 269 g/mol. The molecule has 3 nitrogen and oxygen atoms in total. The number of alkyl halides is 1. The maximum atomic E-state index is 14.6. The van der Waals surface area contributed by atoms with Crippen molar-refractivity contribution in [1.29, 1.82) is 0 Å². The fourth-order valence-electron chi connectivity index (χ4n) is 3.37. The van der Waals surface area contributed by atoms with Gasteiger partial charge < -0.3 is 15.2 Å². The Balaban J connectivity index is 2.63. The normalized spacial score (nSPS) is 17.8. The van der Waals surface area contributed by atoms with E-state index < -0.39 is 5.67 Å². The fourth-order valence-corrected chi connectivity index (χ4v) is 3.37. The minimum Gasteiger partial charge on any atom is -0.493 e. The second-order valence-corrected chi connectivity index (χ2v) is 6.42. The van der Waals surface area contributed by atoms with Crippen LogP contribution in [0.15, 0.2) is 12.1 Å². The predicted octanol–water partition coefficient (Wildman–Crippen LogP) is 3.68. The summed E-state index contributed by atoms with van der Waals surface area (Å²) in [5, 5.41) is 0. The topological polar surface area (TPSA) is 44.5 Å². The van der Waals surface area contributed by atoms with Crippen molar-refractivity contribution in [2.45, 2.75) is 50.6 Å². The molecule has 1 aromatic rings. The van der Waals surface area contributed by atoms with Gasteiger partial charge in [-0.3, -0.25) is 0 Å². The third-order valence-electron chi connectivity index (χ3n) is 4.68. The molecule has 0 atom stereocenters. The monoisotopic (exact) mass is 295 g/mol. The van der Waals surface area contributed by atoms with Gasteiger partial charge in [-0.25, -0.2) is 4.39 Å². The zero-order valence-electron chi connectivity index (χ0n) is 13.5. The van der Waals surface area contributed by atoms with Crippen LogP contribution in [-0.4, -0.2) is 20.8 Å². The third-order valence-corrected chi connectivity index (χ3v) is 4.68. The predicted molar refractivity (Wildman–Crippen MR) is 82.9 cm³/mol. The molecule has 0 bridgehead atoms.